The number of hydrogen-bond donors (Lipinski definition) is 1. The Morgan fingerprint density at radius 3 is 2.88 bits per heavy atom. The predicted octanol–water partition coefficient (Wildman–Crippen LogP) is 2.51. The van der Waals surface area contributed by atoms with Crippen LogP contribution in [0.1, 0.15) is 45.4 Å². The smallest absolute Gasteiger partial charge is 0.108 e. The third-order valence-corrected chi connectivity index (χ3v) is 4.54. The maximum Gasteiger partial charge on any atom is 0.108 e. The second-order valence-corrected chi connectivity index (χ2v) is 5.98. The molecule has 0 spiro atoms. The van der Waals surface area contributed by atoms with Crippen molar-refractivity contribution in [3.8, 4) is 0 Å². The second-order valence-electron chi connectivity index (χ2n) is 5.98. The highest BCUT2D eigenvalue weighted by Gasteiger charge is 2.36. The number of imidazole rings is 1. The van der Waals surface area contributed by atoms with Gasteiger partial charge in [-0.2, -0.15) is 0 Å². The molecule has 3 unspecified atom stereocenters. The van der Waals surface area contributed by atoms with E-state index in [0.717, 1.165) is 24.6 Å². The van der Waals surface area contributed by atoms with Crippen molar-refractivity contribution in [2.75, 3.05) is 0 Å². The first-order chi connectivity index (χ1) is 8.01. The lowest BCUT2D eigenvalue weighted by molar-refractivity contribution is 0.151. The summed E-state index contributed by atoms with van der Waals surface area (Å²) in [6, 6.07) is 0. The zero-order chi connectivity index (χ0) is 12.5. The molecule has 3 nitrogen and oxygen atoms in total. The molecule has 2 N–H and O–H groups in total. The van der Waals surface area contributed by atoms with Gasteiger partial charge in [0.25, 0.3) is 0 Å². The summed E-state index contributed by atoms with van der Waals surface area (Å²) in [7, 11) is 2.05. The summed E-state index contributed by atoms with van der Waals surface area (Å²) in [5, 5.41) is 0. The standard InChI is InChI=1S/C14H25N3/c1-11-4-5-12(2)14(15,10-11)7-6-13-16-8-9-17(13)3/h8-9,11-12H,4-7,10,15H2,1-3H3. The highest BCUT2D eigenvalue weighted by Crippen LogP contribution is 2.37. The van der Waals surface area contributed by atoms with Crippen molar-refractivity contribution in [1.82, 2.24) is 9.55 Å². The van der Waals surface area contributed by atoms with Crippen LogP contribution in [0.2, 0.25) is 0 Å². The van der Waals surface area contributed by atoms with Gasteiger partial charge in [0.2, 0.25) is 0 Å². The van der Waals surface area contributed by atoms with Gasteiger partial charge in [0.05, 0.1) is 0 Å². The normalized spacial score (nSPS) is 33.9. The van der Waals surface area contributed by atoms with Crippen LogP contribution in [0.5, 0.6) is 0 Å². The Morgan fingerprint density at radius 1 is 1.47 bits per heavy atom. The van der Waals surface area contributed by atoms with E-state index in [2.05, 4.69) is 30.4 Å². The van der Waals surface area contributed by atoms with Gasteiger partial charge in [-0.25, -0.2) is 4.98 Å². The molecule has 1 aliphatic rings. The summed E-state index contributed by atoms with van der Waals surface area (Å²) in [6.07, 6.45) is 9.71. The average molecular weight is 235 g/mol. The van der Waals surface area contributed by atoms with Crippen molar-refractivity contribution < 1.29 is 0 Å². The fourth-order valence-electron chi connectivity index (χ4n) is 3.10. The lowest BCUT2D eigenvalue weighted by Crippen LogP contribution is -2.50. The maximum atomic E-state index is 6.62. The minimum atomic E-state index is 0.0175. The summed E-state index contributed by atoms with van der Waals surface area (Å²) in [4.78, 5) is 4.38. The average Bonchev–Trinajstić information content (AvgIpc) is 2.67. The Bertz CT molecular complexity index is 371. The van der Waals surface area contributed by atoms with Gasteiger partial charge in [-0.05, 0) is 31.1 Å². The van der Waals surface area contributed by atoms with Crippen molar-refractivity contribution in [2.45, 2.75) is 51.5 Å². The molecule has 0 amide bonds. The molecule has 1 aliphatic carbocycles. The Kier molecular flexibility index (Phi) is 3.57. The van der Waals surface area contributed by atoms with Gasteiger partial charge in [0.15, 0.2) is 0 Å². The molecule has 1 aromatic heterocycles. The van der Waals surface area contributed by atoms with Crippen LogP contribution in [0.25, 0.3) is 0 Å². The summed E-state index contributed by atoms with van der Waals surface area (Å²) in [6.45, 7) is 4.64. The van der Waals surface area contributed by atoms with Crippen molar-refractivity contribution >= 4 is 0 Å². The first-order valence-electron chi connectivity index (χ1n) is 6.76. The third-order valence-electron chi connectivity index (χ3n) is 4.54. The third kappa shape index (κ3) is 2.71. The zero-order valence-electron chi connectivity index (χ0n) is 11.3. The van der Waals surface area contributed by atoms with E-state index in [0.29, 0.717) is 5.92 Å². The number of aromatic nitrogens is 2. The molecule has 96 valence electrons. The van der Waals surface area contributed by atoms with Crippen LogP contribution in [-0.4, -0.2) is 15.1 Å². The van der Waals surface area contributed by atoms with Gasteiger partial charge in [0.1, 0.15) is 5.82 Å². The molecule has 1 fully saturated rings. The van der Waals surface area contributed by atoms with Gasteiger partial charge in [-0.3, -0.25) is 0 Å². The molecule has 2 rings (SSSR count). The van der Waals surface area contributed by atoms with E-state index in [1.807, 2.05) is 12.4 Å². The molecule has 0 radical (unpaired) electrons. The predicted molar refractivity (Wildman–Crippen MR) is 70.6 cm³/mol. The molecule has 1 aromatic rings. The number of rotatable bonds is 3. The molecule has 0 saturated heterocycles. The van der Waals surface area contributed by atoms with Crippen molar-refractivity contribution in [2.24, 2.45) is 24.6 Å². The molecule has 3 atom stereocenters. The Morgan fingerprint density at radius 2 is 2.24 bits per heavy atom. The van der Waals surface area contributed by atoms with Crippen LogP contribution in [0.3, 0.4) is 0 Å². The van der Waals surface area contributed by atoms with Crippen molar-refractivity contribution in [3.05, 3.63) is 18.2 Å². The van der Waals surface area contributed by atoms with Crippen LogP contribution in [0.4, 0.5) is 0 Å². The summed E-state index contributed by atoms with van der Waals surface area (Å²) >= 11 is 0. The topological polar surface area (TPSA) is 43.8 Å². The molecule has 0 bridgehead atoms. The molecule has 1 heterocycles. The first-order valence-corrected chi connectivity index (χ1v) is 6.76. The van der Waals surface area contributed by atoms with E-state index in [1.165, 1.54) is 19.3 Å². The summed E-state index contributed by atoms with van der Waals surface area (Å²) in [5.74, 6) is 2.57. The molecule has 0 aromatic carbocycles. The largest absolute Gasteiger partial charge is 0.338 e. The quantitative estimate of drug-likeness (QED) is 0.875. The van der Waals surface area contributed by atoms with Crippen molar-refractivity contribution in [1.29, 1.82) is 0 Å². The van der Waals surface area contributed by atoms with Gasteiger partial charge in [0, 0.05) is 31.4 Å². The number of nitrogens with two attached hydrogens (primary N) is 1. The van der Waals surface area contributed by atoms with E-state index >= 15 is 0 Å². The number of nitrogens with zero attached hydrogens (tertiary/aromatic N) is 2. The van der Waals surface area contributed by atoms with Gasteiger partial charge in [-0.1, -0.05) is 20.3 Å². The summed E-state index contributed by atoms with van der Waals surface area (Å²) < 4.78 is 2.10. The minimum absolute atomic E-state index is 0.0175. The fourth-order valence-corrected chi connectivity index (χ4v) is 3.10. The number of hydrogen-bond acceptors (Lipinski definition) is 2. The Labute approximate surface area is 104 Å². The van der Waals surface area contributed by atoms with E-state index in [-0.39, 0.29) is 5.54 Å². The van der Waals surface area contributed by atoms with E-state index in [4.69, 9.17) is 5.73 Å². The SMILES string of the molecule is CC1CCC(C)C(N)(CCc2nccn2C)C1. The maximum absolute atomic E-state index is 6.62. The summed E-state index contributed by atoms with van der Waals surface area (Å²) in [5.41, 5.74) is 6.64. The molecule has 3 heteroatoms. The van der Waals surface area contributed by atoms with E-state index in [9.17, 15) is 0 Å². The first kappa shape index (κ1) is 12.6. The van der Waals surface area contributed by atoms with E-state index in [1.54, 1.807) is 0 Å². The highest BCUT2D eigenvalue weighted by molar-refractivity contribution is 4.99. The van der Waals surface area contributed by atoms with Gasteiger partial charge in [-0.15, -0.1) is 0 Å². The van der Waals surface area contributed by atoms with Gasteiger partial charge < -0.3 is 10.3 Å². The lowest BCUT2D eigenvalue weighted by Gasteiger charge is -2.42. The van der Waals surface area contributed by atoms with Crippen molar-refractivity contribution in [3.63, 3.8) is 0 Å². The van der Waals surface area contributed by atoms with Crippen LogP contribution >= 0.6 is 0 Å². The van der Waals surface area contributed by atoms with Gasteiger partial charge >= 0.3 is 0 Å². The fraction of sp³-hybridized carbons (Fsp3) is 0.786. The van der Waals surface area contributed by atoms with Crippen LogP contribution in [0, 0.1) is 11.8 Å². The highest BCUT2D eigenvalue weighted by atomic mass is 15.0. The molecular formula is C14H25N3. The second kappa shape index (κ2) is 4.81. The molecule has 17 heavy (non-hydrogen) atoms. The van der Waals surface area contributed by atoms with Crippen LogP contribution in [0.15, 0.2) is 12.4 Å². The minimum Gasteiger partial charge on any atom is -0.338 e. The zero-order valence-corrected chi connectivity index (χ0v) is 11.3. The van der Waals surface area contributed by atoms with Crippen LogP contribution in [-0.2, 0) is 13.5 Å². The Hall–Kier alpha value is -0.830. The van der Waals surface area contributed by atoms with Crippen LogP contribution < -0.4 is 5.73 Å². The molecule has 1 saturated carbocycles. The lowest BCUT2D eigenvalue weighted by atomic mass is 9.68. The molecular weight excluding hydrogens is 210 g/mol. The van der Waals surface area contributed by atoms with E-state index < -0.39 is 0 Å². The monoisotopic (exact) mass is 235 g/mol. The Balaban J connectivity index is 1.99. The molecule has 0 aliphatic heterocycles. The number of aryl methyl sites for hydroxylation is 2.